The zero-order chi connectivity index (χ0) is 18.0. The number of ether oxygens (including phenoxy) is 1. The van der Waals surface area contributed by atoms with Crippen LogP contribution in [0.4, 0.5) is 5.13 Å². The van der Waals surface area contributed by atoms with Crippen LogP contribution >= 0.6 is 11.3 Å². The Labute approximate surface area is 149 Å². The van der Waals surface area contributed by atoms with Gasteiger partial charge in [0.15, 0.2) is 10.8 Å². The van der Waals surface area contributed by atoms with Crippen molar-refractivity contribution in [1.29, 1.82) is 0 Å². The van der Waals surface area contributed by atoms with E-state index < -0.39 is 0 Å². The van der Waals surface area contributed by atoms with Crippen LogP contribution in [0.15, 0.2) is 28.8 Å². The summed E-state index contributed by atoms with van der Waals surface area (Å²) in [6.45, 7) is 2.98. The lowest BCUT2D eigenvalue weighted by atomic mass is 10.3. The molecule has 25 heavy (non-hydrogen) atoms. The predicted molar refractivity (Wildman–Crippen MR) is 97.6 cm³/mol. The third-order valence-corrected chi connectivity index (χ3v) is 4.72. The highest BCUT2D eigenvalue weighted by Crippen LogP contribution is 2.32. The Morgan fingerprint density at radius 1 is 1.28 bits per heavy atom. The van der Waals surface area contributed by atoms with Crippen molar-refractivity contribution < 1.29 is 14.1 Å². The summed E-state index contributed by atoms with van der Waals surface area (Å²) in [5.41, 5.74) is 1.12. The molecule has 0 aliphatic carbocycles. The number of hydrogen-bond acceptors (Lipinski definition) is 7. The molecule has 3 rings (SSSR count). The molecule has 0 saturated heterocycles. The SMILES string of the molecule is COc1ccc2nc(N(CCN(C)C)C(=O)c3cc(C)on3)sc2c1. The molecule has 1 aromatic carbocycles. The summed E-state index contributed by atoms with van der Waals surface area (Å²) in [5.74, 6) is 1.15. The number of likely N-dealkylation sites (N-methyl/N-ethyl adjacent to an activating group) is 1. The Morgan fingerprint density at radius 3 is 2.72 bits per heavy atom. The molecule has 2 aromatic heterocycles. The average Bonchev–Trinajstić information content (AvgIpc) is 3.19. The van der Waals surface area contributed by atoms with Gasteiger partial charge in [-0.1, -0.05) is 16.5 Å². The van der Waals surface area contributed by atoms with E-state index in [1.165, 1.54) is 11.3 Å². The quantitative estimate of drug-likeness (QED) is 0.673. The van der Waals surface area contributed by atoms with Crippen molar-refractivity contribution in [3.05, 3.63) is 35.7 Å². The molecule has 2 heterocycles. The molecular formula is C17H20N4O3S. The fraction of sp³-hybridized carbons (Fsp3) is 0.353. The van der Waals surface area contributed by atoms with Gasteiger partial charge in [0.2, 0.25) is 0 Å². The van der Waals surface area contributed by atoms with Gasteiger partial charge in [-0.3, -0.25) is 9.69 Å². The zero-order valence-electron chi connectivity index (χ0n) is 14.6. The van der Waals surface area contributed by atoms with E-state index in [2.05, 4.69) is 10.1 Å². The third-order valence-electron chi connectivity index (χ3n) is 3.68. The number of rotatable bonds is 6. The van der Waals surface area contributed by atoms with E-state index >= 15 is 0 Å². The number of benzene rings is 1. The van der Waals surface area contributed by atoms with Crippen molar-refractivity contribution >= 4 is 32.6 Å². The van der Waals surface area contributed by atoms with Crippen molar-refractivity contribution in [2.75, 3.05) is 39.2 Å². The first kappa shape index (κ1) is 17.4. The topological polar surface area (TPSA) is 71.7 Å². The van der Waals surface area contributed by atoms with Crippen LogP contribution in [-0.2, 0) is 0 Å². The van der Waals surface area contributed by atoms with E-state index in [1.807, 2.05) is 37.2 Å². The zero-order valence-corrected chi connectivity index (χ0v) is 15.5. The van der Waals surface area contributed by atoms with Gasteiger partial charge in [0, 0.05) is 19.2 Å². The number of anilines is 1. The second-order valence-corrected chi connectivity index (χ2v) is 6.92. The van der Waals surface area contributed by atoms with Gasteiger partial charge in [-0.05, 0) is 39.2 Å². The molecule has 3 aromatic rings. The van der Waals surface area contributed by atoms with E-state index in [1.54, 1.807) is 25.0 Å². The van der Waals surface area contributed by atoms with E-state index in [4.69, 9.17) is 9.26 Å². The molecule has 0 radical (unpaired) electrons. The average molecular weight is 360 g/mol. The molecule has 0 bridgehead atoms. The van der Waals surface area contributed by atoms with Gasteiger partial charge in [-0.25, -0.2) is 4.98 Å². The van der Waals surface area contributed by atoms with Gasteiger partial charge in [0.05, 0.1) is 17.3 Å². The summed E-state index contributed by atoms with van der Waals surface area (Å²) < 4.78 is 11.3. The summed E-state index contributed by atoms with van der Waals surface area (Å²) >= 11 is 1.45. The Hall–Kier alpha value is -2.45. The Balaban J connectivity index is 1.97. The number of carbonyl (C=O) groups excluding carboxylic acids is 1. The Bertz CT molecular complexity index is 887. The fourth-order valence-corrected chi connectivity index (χ4v) is 3.34. The third kappa shape index (κ3) is 3.80. The van der Waals surface area contributed by atoms with Crippen LogP contribution in [-0.4, -0.2) is 55.2 Å². The number of amides is 1. The number of carbonyl (C=O) groups is 1. The molecular weight excluding hydrogens is 340 g/mol. The van der Waals surface area contributed by atoms with Crippen molar-refractivity contribution in [3.63, 3.8) is 0 Å². The highest BCUT2D eigenvalue weighted by molar-refractivity contribution is 7.22. The molecule has 0 unspecified atom stereocenters. The van der Waals surface area contributed by atoms with E-state index in [0.717, 1.165) is 16.0 Å². The molecule has 132 valence electrons. The molecule has 0 atom stereocenters. The first-order chi connectivity index (χ1) is 12.0. The minimum atomic E-state index is -0.218. The van der Waals surface area contributed by atoms with Gasteiger partial charge in [-0.15, -0.1) is 0 Å². The highest BCUT2D eigenvalue weighted by Gasteiger charge is 2.24. The molecule has 1 amide bonds. The largest absolute Gasteiger partial charge is 0.497 e. The highest BCUT2D eigenvalue weighted by atomic mass is 32.1. The molecule has 0 fully saturated rings. The van der Waals surface area contributed by atoms with Crippen molar-refractivity contribution in [3.8, 4) is 5.75 Å². The van der Waals surface area contributed by atoms with Crippen LogP contribution in [0.5, 0.6) is 5.75 Å². The Kier molecular flexibility index (Phi) is 5.00. The lowest BCUT2D eigenvalue weighted by molar-refractivity contribution is 0.0976. The number of hydrogen-bond donors (Lipinski definition) is 0. The first-order valence-electron chi connectivity index (χ1n) is 7.82. The van der Waals surface area contributed by atoms with Crippen LogP contribution in [0.3, 0.4) is 0 Å². The molecule has 7 nitrogen and oxygen atoms in total. The smallest absolute Gasteiger partial charge is 0.282 e. The van der Waals surface area contributed by atoms with Gasteiger partial charge >= 0.3 is 0 Å². The first-order valence-corrected chi connectivity index (χ1v) is 8.64. The number of fused-ring (bicyclic) bond motifs is 1. The lowest BCUT2D eigenvalue weighted by Crippen LogP contribution is -2.36. The second kappa shape index (κ2) is 7.20. The molecule has 8 heteroatoms. The Morgan fingerprint density at radius 2 is 2.08 bits per heavy atom. The normalized spacial score (nSPS) is 11.2. The van der Waals surface area contributed by atoms with Crippen LogP contribution in [0.1, 0.15) is 16.2 Å². The maximum Gasteiger partial charge on any atom is 0.282 e. The van der Waals surface area contributed by atoms with Crippen molar-refractivity contribution in [1.82, 2.24) is 15.0 Å². The summed E-state index contributed by atoms with van der Waals surface area (Å²) in [6, 6.07) is 7.31. The van der Waals surface area contributed by atoms with Gasteiger partial charge in [0.1, 0.15) is 11.5 Å². The number of aryl methyl sites for hydroxylation is 1. The minimum absolute atomic E-state index is 0.218. The molecule has 0 saturated carbocycles. The summed E-state index contributed by atoms with van der Waals surface area (Å²) in [4.78, 5) is 21.2. The minimum Gasteiger partial charge on any atom is -0.497 e. The van der Waals surface area contributed by atoms with Gasteiger partial charge in [-0.2, -0.15) is 0 Å². The summed E-state index contributed by atoms with van der Waals surface area (Å²) in [5, 5.41) is 4.48. The maximum atomic E-state index is 12.9. The molecule has 0 N–H and O–H groups in total. The predicted octanol–water partition coefficient (Wildman–Crippen LogP) is 2.81. The monoisotopic (exact) mass is 360 g/mol. The van der Waals surface area contributed by atoms with Crippen molar-refractivity contribution in [2.45, 2.75) is 6.92 Å². The van der Waals surface area contributed by atoms with E-state index in [0.29, 0.717) is 24.0 Å². The summed E-state index contributed by atoms with van der Waals surface area (Å²) in [6.07, 6.45) is 0. The van der Waals surface area contributed by atoms with E-state index in [-0.39, 0.29) is 11.6 Å². The summed E-state index contributed by atoms with van der Waals surface area (Å²) in [7, 11) is 5.56. The van der Waals surface area contributed by atoms with Crippen LogP contribution in [0, 0.1) is 6.92 Å². The van der Waals surface area contributed by atoms with Gasteiger partial charge < -0.3 is 14.2 Å². The fourth-order valence-electron chi connectivity index (χ4n) is 2.32. The molecule has 0 aliphatic heterocycles. The van der Waals surface area contributed by atoms with Crippen LogP contribution in [0.25, 0.3) is 10.2 Å². The van der Waals surface area contributed by atoms with Crippen molar-refractivity contribution in [2.24, 2.45) is 0 Å². The second-order valence-electron chi connectivity index (χ2n) is 5.91. The van der Waals surface area contributed by atoms with Crippen LogP contribution in [0.2, 0.25) is 0 Å². The standard InChI is InChI=1S/C17H20N4O3S/c1-11-9-14(19-24-11)16(22)21(8-7-20(2)3)17-18-13-6-5-12(23-4)10-15(13)25-17/h5-6,9-10H,7-8H2,1-4H3. The number of aromatic nitrogens is 2. The van der Waals surface area contributed by atoms with Crippen LogP contribution < -0.4 is 9.64 Å². The van der Waals surface area contributed by atoms with Gasteiger partial charge in [0.25, 0.3) is 5.91 Å². The molecule has 0 aliphatic rings. The maximum absolute atomic E-state index is 12.9. The van der Waals surface area contributed by atoms with E-state index in [9.17, 15) is 4.79 Å². The number of methoxy groups -OCH3 is 1. The number of thiazole rings is 1. The number of nitrogens with zero attached hydrogens (tertiary/aromatic N) is 4. The molecule has 0 spiro atoms. The lowest BCUT2D eigenvalue weighted by Gasteiger charge is -2.20.